The van der Waals surface area contributed by atoms with Gasteiger partial charge in [0, 0.05) is 7.05 Å². The minimum Gasteiger partial charge on any atom is -0.438 e. The van der Waals surface area contributed by atoms with Crippen molar-refractivity contribution >= 4 is 16.9 Å². The van der Waals surface area contributed by atoms with E-state index < -0.39 is 0 Å². The first-order valence-electron chi connectivity index (χ1n) is 6.14. The topological polar surface area (TPSA) is 47.0 Å². The Balaban J connectivity index is 2.07. The summed E-state index contributed by atoms with van der Waals surface area (Å²) >= 11 is 0. The van der Waals surface area contributed by atoms with Gasteiger partial charge < -0.3 is 10.1 Å². The fourth-order valence-corrected chi connectivity index (χ4v) is 1.85. The molecular formula is C15H12FN3O. The zero-order valence-electron chi connectivity index (χ0n) is 10.8. The second-order valence-corrected chi connectivity index (χ2v) is 4.18. The second-order valence-electron chi connectivity index (χ2n) is 4.18. The van der Waals surface area contributed by atoms with Gasteiger partial charge >= 0.3 is 0 Å². The summed E-state index contributed by atoms with van der Waals surface area (Å²) in [5.74, 6) is 1.13. The molecule has 0 radical (unpaired) electrons. The fraction of sp³-hybridized carbons (Fsp3) is 0.0667. The number of aromatic nitrogens is 2. The Kier molecular flexibility index (Phi) is 3.16. The van der Waals surface area contributed by atoms with Gasteiger partial charge in [0.05, 0.1) is 10.9 Å². The lowest BCUT2D eigenvalue weighted by atomic mass is 10.2. The van der Waals surface area contributed by atoms with Gasteiger partial charge in [-0.05, 0) is 36.4 Å². The first-order chi connectivity index (χ1) is 9.76. The van der Waals surface area contributed by atoms with E-state index in [0.717, 1.165) is 10.9 Å². The predicted octanol–water partition coefficient (Wildman–Crippen LogP) is 3.60. The summed E-state index contributed by atoms with van der Waals surface area (Å²) < 4.78 is 18.6. The monoisotopic (exact) mass is 269 g/mol. The molecule has 0 unspecified atom stereocenters. The summed E-state index contributed by atoms with van der Waals surface area (Å²) in [6.45, 7) is 0. The molecule has 2 aromatic carbocycles. The van der Waals surface area contributed by atoms with E-state index in [4.69, 9.17) is 4.74 Å². The summed E-state index contributed by atoms with van der Waals surface area (Å²) in [5, 5.41) is 3.69. The van der Waals surface area contributed by atoms with Crippen molar-refractivity contribution in [3.8, 4) is 11.6 Å². The highest BCUT2D eigenvalue weighted by atomic mass is 19.1. The van der Waals surface area contributed by atoms with Crippen molar-refractivity contribution in [2.75, 3.05) is 12.4 Å². The molecule has 3 aromatic rings. The minimum absolute atomic E-state index is 0.305. The average molecular weight is 269 g/mol. The maximum absolute atomic E-state index is 12.9. The van der Waals surface area contributed by atoms with Gasteiger partial charge in [-0.3, -0.25) is 0 Å². The molecule has 20 heavy (non-hydrogen) atoms. The molecule has 0 atom stereocenters. The van der Waals surface area contributed by atoms with Gasteiger partial charge in [0.25, 0.3) is 0 Å². The minimum atomic E-state index is -0.305. The van der Waals surface area contributed by atoms with E-state index in [2.05, 4.69) is 15.3 Å². The van der Waals surface area contributed by atoms with Crippen LogP contribution in [0.4, 0.5) is 10.3 Å². The molecule has 0 aliphatic rings. The molecular weight excluding hydrogens is 257 g/mol. The van der Waals surface area contributed by atoms with Crippen molar-refractivity contribution in [1.29, 1.82) is 0 Å². The van der Waals surface area contributed by atoms with E-state index >= 15 is 0 Å². The van der Waals surface area contributed by atoms with Crippen molar-refractivity contribution in [2.45, 2.75) is 0 Å². The first kappa shape index (κ1) is 12.3. The predicted molar refractivity (Wildman–Crippen MR) is 75.6 cm³/mol. The van der Waals surface area contributed by atoms with Crippen molar-refractivity contribution < 1.29 is 9.13 Å². The van der Waals surface area contributed by atoms with Gasteiger partial charge in [-0.25, -0.2) is 9.37 Å². The molecule has 100 valence electrons. The summed E-state index contributed by atoms with van der Waals surface area (Å²) in [7, 11) is 1.74. The molecule has 1 N–H and O–H groups in total. The number of fused-ring (bicyclic) bond motifs is 1. The molecule has 4 nitrogen and oxygen atoms in total. The highest BCUT2D eigenvalue weighted by molar-refractivity contribution is 5.84. The van der Waals surface area contributed by atoms with Crippen LogP contribution < -0.4 is 10.1 Å². The largest absolute Gasteiger partial charge is 0.438 e. The number of nitrogens with one attached hydrogen (secondary N) is 1. The van der Waals surface area contributed by atoms with E-state index in [1.165, 1.54) is 12.1 Å². The van der Waals surface area contributed by atoms with Crippen LogP contribution in [0.2, 0.25) is 0 Å². The van der Waals surface area contributed by atoms with Crippen molar-refractivity contribution in [1.82, 2.24) is 9.97 Å². The van der Waals surface area contributed by atoms with E-state index in [1.807, 2.05) is 24.3 Å². The maximum atomic E-state index is 12.9. The fourth-order valence-electron chi connectivity index (χ4n) is 1.85. The quantitative estimate of drug-likeness (QED) is 0.789. The number of nitrogens with zero attached hydrogens (tertiary/aromatic N) is 2. The molecule has 5 heteroatoms. The molecule has 0 aliphatic carbocycles. The summed E-state index contributed by atoms with van der Waals surface area (Å²) in [4.78, 5) is 8.65. The highest BCUT2D eigenvalue weighted by Crippen LogP contribution is 2.28. The Labute approximate surface area is 115 Å². The lowest BCUT2D eigenvalue weighted by Crippen LogP contribution is -1.99. The van der Waals surface area contributed by atoms with Crippen LogP contribution in [0.1, 0.15) is 0 Å². The van der Waals surface area contributed by atoms with Crippen LogP contribution in [0.25, 0.3) is 10.9 Å². The molecule has 0 bridgehead atoms. The molecule has 0 spiro atoms. The standard InChI is InChI=1S/C15H12FN3O/c1-17-15-18-13-5-3-2-4-12(13)14(19-15)20-11-8-6-10(16)7-9-11/h2-9H,1H3,(H,17,18,19). The molecule has 0 fully saturated rings. The first-order valence-corrected chi connectivity index (χ1v) is 6.14. The third kappa shape index (κ3) is 2.38. The number of para-hydroxylation sites is 1. The maximum Gasteiger partial charge on any atom is 0.231 e. The normalized spacial score (nSPS) is 10.5. The van der Waals surface area contributed by atoms with E-state index in [-0.39, 0.29) is 5.82 Å². The lowest BCUT2D eigenvalue weighted by molar-refractivity contribution is 0.467. The van der Waals surface area contributed by atoms with Crippen LogP contribution in [0, 0.1) is 5.82 Å². The van der Waals surface area contributed by atoms with E-state index in [9.17, 15) is 4.39 Å². The highest BCUT2D eigenvalue weighted by Gasteiger charge is 2.08. The van der Waals surface area contributed by atoms with E-state index in [1.54, 1.807) is 19.2 Å². The van der Waals surface area contributed by atoms with Crippen LogP contribution in [-0.4, -0.2) is 17.0 Å². The van der Waals surface area contributed by atoms with Crippen molar-refractivity contribution in [3.63, 3.8) is 0 Å². The smallest absolute Gasteiger partial charge is 0.231 e. The molecule has 3 rings (SSSR count). The van der Waals surface area contributed by atoms with Crippen LogP contribution in [0.5, 0.6) is 11.6 Å². The molecule has 1 heterocycles. The number of hydrogen-bond acceptors (Lipinski definition) is 4. The average Bonchev–Trinajstić information content (AvgIpc) is 2.49. The number of benzene rings is 2. The third-order valence-corrected chi connectivity index (χ3v) is 2.82. The molecule has 0 amide bonds. The Morgan fingerprint density at radius 1 is 1.00 bits per heavy atom. The van der Waals surface area contributed by atoms with Gasteiger partial charge in [0.1, 0.15) is 11.6 Å². The summed E-state index contributed by atoms with van der Waals surface area (Å²) in [5.41, 5.74) is 0.781. The SMILES string of the molecule is CNc1nc(Oc2ccc(F)cc2)c2ccccc2n1. The number of anilines is 1. The van der Waals surface area contributed by atoms with E-state index in [0.29, 0.717) is 17.6 Å². The Hall–Kier alpha value is -2.69. The van der Waals surface area contributed by atoms with Crippen LogP contribution in [-0.2, 0) is 0 Å². The number of rotatable bonds is 3. The van der Waals surface area contributed by atoms with Crippen molar-refractivity contribution in [3.05, 3.63) is 54.3 Å². The molecule has 1 aromatic heterocycles. The summed E-state index contributed by atoms with van der Waals surface area (Å²) in [6.07, 6.45) is 0. The number of hydrogen-bond donors (Lipinski definition) is 1. The zero-order valence-corrected chi connectivity index (χ0v) is 10.8. The van der Waals surface area contributed by atoms with Gasteiger partial charge in [0.15, 0.2) is 0 Å². The third-order valence-electron chi connectivity index (χ3n) is 2.82. The molecule has 0 aliphatic heterocycles. The second kappa shape index (κ2) is 5.13. The summed E-state index contributed by atoms with van der Waals surface area (Å²) in [6, 6.07) is 13.4. The zero-order chi connectivity index (χ0) is 13.9. The number of ether oxygens (including phenoxy) is 1. The van der Waals surface area contributed by atoms with Crippen LogP contribution in [0.15, 0.2) is 48.5 Å². The Bertz CT molecular complexity index is 744. The number of halogens is 1. The Morgan fingerprint density at radius 2 is 1.75 bits per heavy atom. The van der Waals surface area contributed by atoms with Crippen LogP contribution >= 0.6 is 0 Å². The molecule has 0 saturated carbocycles. The van der Waals surface area contributed by atoms with Gasteiger partial charge in [-0.1, -0.05) is 12.1 Å². The van der Waals surface area contributed by atoms with Crippen LogP contribution in [0.3, 0.4) is 0 Å². The van der Waals surface area contributed by atoms with Gasteiger partial charge in [-0.15, -0.1) is 0 Å². The lowest BCUT2D eigenvalue weighted by Gasteiger charge is -2.09. The van der Waals surface area contributed by atoms with Gasteiger partial charge in [-0.2, -0.15) is 4.98 Å². The Morgan fingerprint density at radius 3 is 2.50 bits per heavy atom. The van der Waals surface area contributed by atoms with Gasteiger partial charge in [0.2, 0.25) is 11.8 Å². The molecule has 0 saturated heterocycles. The van der Waals surface area contributed by atoms with Crippen molar-refractivity contribution in [2.24, 2.45) is 0 Å².